The molecule has 1 aliphatic heterocycles. The largest absolute Gasteiger partial charge is 0.479 e. The average molecular weight is 396 g/mol. The van der Waals surface area contributed by atoms with Crippen LogP contribution in [0.1, 0.15) is 19.4 Å². The van der Waals surface area contributed by atoms with Crippen molar-refractivity contribution in [2.45, 2.75) is 26.4 Å². The zero-order valence-electron chi connectivity index (χ0n) is 16.3. The molecule has 2 aromatic carbocycles. The third kappa shape index (κ3) is 3.40. The number of rotatable bonds is 5. The fourth-order valence-electron chi connectivity index (χ4n) is 3.26. The van der Waals surface area contributed by atoms with E-state index < -0.39 is 12.1 Å². The Bertz CT molecular complexity index is 1150. The SMILES string of the molecule is CCc1cc2c(=O)c(-c3ccc4c(c3)OCO4)coc2cc1O[C@@H](C)C(=O)OC. The first-order valence-electron chi connectivity index (χ1n) is 9.24. The molecule has 7 heteroatoms. The number of carbonyl (C=O) groups is 1. The van der Waals surface area contributed by atoms with Crippen molar-refractivity contribution in [3.63, 3.8) is 0 Å². The summed E-state index contributed by atoms with van der Waals surface area (Å²) in [5, 5.41) is 0.440. The molecule has 0 spiro atoms. The Morgan fingerprint density at radius 2 is 1.97 bits per heavy atom. The van der Waals surface area contributed by atoms with Crippen molar-refractivity contribution in [3.8, 4) is 28.4 Å². The molecule has 29 heavy (non-hydrogen) atoms. The van der Waals surface area contributed by atoms with E-state index in [1.54, 1.807) is 37.3 Å². The second kappa shape index (κ2) is 7.50. The molecule has 0 N–H and O–H groups in total. The molecule has 0 saturated heterocycles. The molecule has 1 aromatic heterocycles. The molecule has 0 aliphatic carbocycles. The van der Waals surface area contributed by atoms with Crippen molar-refractivity contribution in [3.05, 3.63) is 52.4 Å². The molecule has 0 fully saturated rings. The minimum atomic E-state index is -0.776. The quantitative estimate of drug-likeness (QED) is 0.608. The molecule has 2 heterocycles. The summed E-state index contributed by atoms with van der Waals surface area (Å²) in [6.45, 7) is 3.71. The molecule has 0 bridgehead atoms. The van der Waals surface area contributed by atoms with Crippen molar-refractivity contribution in [1.29, 1.82) is 0 Å². The maximum atomic E-state index is 13.1. The van der Waals surface area contributed by atoms with Crippen LogP contribution in [0.3, 0.4) is 0 Å². The van der Waals surface area contributed by atoms with Crippen molar-refractivity contribution >= 4 is 16.9 Å². The van der Waals surface area contributed by atoms with Crippen LogP contribution in [0.25, 0.3) is 22.1 Å². The van der Waals surface area contributed by atoms with Crippen LogP contribution in [0.2, 0.25) is 0 Å². The Labute approximate surface area is 166 Å². The van der Waals surface area contributed by atoms with Crippen molar-refractivity contribution < 1.29 is 28.2 Å². The molecular formula is C22H20O7. The summed E-state index contributed by atoms with van der Waals surface area (Å²) >= 11 is 0. The highest BCUT2D eigenvalue weighted by Crippen LogP contribution is 2.36. The van der Waals surface area contributed by atoms with Gasteiger partial charge in [0.05, 0.1) is 18.1 Å². The van der Waals surface area contributed by atoms with Gasteiger partial charge in [0.15, 0.2) is 17.6 Å². The second-order valence-electron chi connectivity index (χ2n) is 6.64. The van der Waals surface area contributed by atoms with Crippen LogP contribution < -0.4 is 19.6 Å². The predicted molar refractivity (Wildman–Crippen MR) is 106 cm³/mol. The van der Waals surface area contributed by atoms with Gasteiger partial charge in [-0.25, -0.2) is 4.79 Å². The minimum Gasteiger partial charge on any atom is -0.479 e. The monoisotopic (exact) mass is 396 g/mol. The lowest BCUT2D eigenvalue weighted by Crippen LogP contribution is -2.25. The van der Waals surface area contributed by atoms with E-state index in [1.165, 1.54) is 13.4 Å². The Morgan fingerprint density at radius 1 is 1.17 bits per heavy atom. The van der Waals surface area contributed by atoms with E-state index in [0.717, 1.165) is 5.56 Å². The van der Waals surface area contributed by atoms with Crippen LogP contribution in [0.5, 0.6) is 17.2 Å². The van der Waals surface area contributed by atoms with Gasteiger partial charge >= 0.3 is 5.97 Å². The topological polar surface area (TPSA) is 84.2 Å². The van der Waals surface area contributed by atoms with E-state index in [9.17, 15) is 9.59 Å². The minimum absolute atomic E-state index is 0.160. The predicted octanol–water partition coefficient (Wildman–Crippen LogP) is 3.69. The average Bonchev–Trinajstić information content (AvgIpc) is 3.21. The van der Waals surface area contributed by atoms with Crippen molar-refractivity contribution in [1.82, 2.24) is 0 Å². The maximum absolute atomic E-state index is 13.1. The summed E-state index contributed by atoms with van der Waals surface area (Å²) in [5.41, 5.74) is 2.12. The Balaban J connectivity index is 1.78. The fraction of sp³-hybridized carbons (Fsp3) is 0.273. The number of ether oxygens (including phenoxy) is 4. The smallest absolute Gasteiger partial charge is 0.346 e. The first-order valence-corrected chi connectivity index (χ1v) is 9.24. The normalized spacial score (nSPS) is 13.3. The number of aryl methyl sites for hydroxylation is 1. The van der Waals surface area contributed by atoms with E-state index in [0.29, 0.717) is 45.8 Å². The molecular weight excluding hydrogens is 376 g/mol. The summed E-state index contributed by atoms with van der Waals surface area (Å²) in [7, 11) is 1.31. The highest BCUT2D eigenvalue weighted by Gasteiger charge is 2.20. The van der Waals surface area contributed by atoms with Crippen LogP contribution in [0, 0.1) is 0 Å². The summed E-state index contributed by atoms with van der Waals surface area (Å²) in [6.07, 6.45) is 1.26. The van der Waals surface area contributed by atoms with Gasteiger partial charge < -0.3 is 23.4 Å². The van der Waals surface area contributed by atoms with Crippen molar-refractivity contribution in [2.75, 3.05) is 13.9 Å². The van der Waals surface area contributed by atoms with Crippen LogP contribution in [-0.2, 0) is 16.0 Å². The van der Waals surface area contributed by atoms with Crippen LogP contribution in [0.4, 0.5) is 0 Å². The van der Waals surface area contributed by atoms with Gasteiger partial charge in [0.1, 0.15) is 17.6 Å². The molecule has 0 radical (unpaired) electrons. The summed E-state index contributed by atoms with van der Waals surface area (Å²) in [4.78, 5) is 24.8. The summed E-state index contributed by atoms with van der Waals surface area (Å²) in [5.74, 6) is 1.24. The maximum Gasteiger partial charge on any atom is 0.346 e. The van der Waals surface area contributed by atoms with E-state index in [-0.39, 0.29) is 12.2 Å². The number of carbonyl (C=O) groups excluding carboxylic acids is 1. The van der Waals surface area contributed by atoms with E-state index in [1.807, 2.05) is 6.92 Å². The van der Waals surface area contributed by atoms with Gasteiger partial charge in [-0.1, -0.05) is 13.0 Å². The van der Waals surface area contributed by atoms with Crippen LogP contribution in [-0.4, -0.2) is 26.0 Å². The molecule has 0 saturated carbocycles. The molecule has 1 atom stereocenters. The molecule has 4 rings (SSSR count). The summed E-state index contributed by atoms with van der Waals surface area (Å²) in [6, 6.07) is 8.71. The van der Waals surface area contributed by atoms with Gasteiger partial charge in [-0.3, -0.25) is 4.79 Å². The lowest BCUT2D eigenvalue weighted by Gasteiger charge is -2.16. The van der Waals surface area contributed by atoms with Gasteiger partial charge in [-0.2, -0.15) is 0 Å². The number of methoxy groups -OCH3 is 1. The zero-order chi connectivity index (χ0) is 20.5. The summed E-state index contributed by atoms with van der Waals surface area (Å²) < 4.78 is 26.9. The zero-order valence-corrected chi connectivity index (χ0v) is 16.3. The van der Waals surface area contributed by atoms with Gasteiger partial charge in [-0.05, 0) is 42.7 Å². The Kier molecular flexibility index (Phi) is 4.88. The highest BCUT2D eigenvalue weighted by molar-refractivity contribution is 5.84. The molecule has 3 aromatic rings. The molecule has 1 aliphatic rings. The van der Waals surface area contributed by atoms with Gasteiger partial charge in [0, 0.05) is 6.07 Å². The number of hydrogen-bond donors (Lipinski definition) is 0. The third-order valence-corrected chi connectivity index (χ3v) is 4.86. The van der Waals surface area contributed by atoms with Crippen molar-refractivity contribution in [2.24, 2.45) is 0 Å². The first kappa shape index (κ1) is 18.9. The number of hydrogen-bond acceptors (Lipinski definition) is 7. The third-order valence-electron chi connectivity index (χ3n) is 4.86. The highest BCUT2D eigenvalue weighted by atomic mass is 16.7. The van der Waals surface area contributed by atoms with E-state index in [4.69, 9.17) is 23.4 Å². The molecule has 0 unspecified atom stereocenters. The van der Waals surface area contributed by atoms with Gasteiger partial charge in [0.2, 0.25) is 12.2 Å². The molecule has 0 amide bonds. The standard InChI is InChI=1S/C22H20O7/c1-4-13-7-15-19(9-18(13)29-12(2)22(24)25-3)26-10-16(21(15)23)14-5-6-17-20(8-14)28-11-27-17/h5-10,12H,4,11H2,1-3H3/t12-/m0/s1. The first-order chi connectivity index (χ1) is 14.0. The van der Waals surface area contributed by atoms with Gasteiger partial charge in [-0.15, -0.1) is 0 Å². The lowest BCUT2D eigenvalue weighted by atomic mass is 10.0. The number of fused-ring (bicyclic) bond motifs is 2. The van der Waals surface area contributed by atoms with Crippen LogP contribution >= 0.6 is 0 Å². The second-order valence-corrected chi connectivity index (χ2v) is 6.64. The Morgan fingerprint density at radius 3 is 2.72 bits per heavy atom. The van der Waals surface area contributed by atoms with E-state index >= 15 is 0 Å². The van der Waals surface area contributed by atoms with Crippen LogP contribution in [0.15, 0.2) is 45.8 Å². The molecule has 150 valence electrons. The van der Waals surface area contributed by atoms with E-state index in [2.05, 4.69) is 0 Å². The number of benzene rings is 2. The van der Waals surface area contributed by atoms with Gasteiger partial charge in [0.25, 0.3) is 0 Å². The fourth-order valence-corrected chi connectivity index (χ4v) is 3.26. The lowest BCUT2D eigenvalue weighted by molar-refractivity contribution is -0.147. The number of esters is 1. The molecule has 7 nitrogen and oxygen atoms in total. The Hall–Kier alpha value is -3.48.